The smallest absolute Gasteiger partial charge is 0.219 e. The van der Waals surface area contributed by atoms with E-state index in [9.17, 15) is 9.90 Å². The zero-order valence-corrected chi connectivity index (χ0v) is 11.5. The van der Waals surface area contributed by atoms with Gasteiger partial charge in [-0.2, -0.15) is 0 Å². The minimum absolute atomic E-state index is 0.124. The van der Waals surface area contributed by atoms with Gasteiger partial charge in [0, 0.05) is 44.9 Å². The van der Waals surface area contributed by atoms with Crippen LogP contribution in [0, 0.1) is 0 Å². The predicted octanol–water partition coefficient (Wildman–Crippen LogP) is 1.19. The van der Waals surface area contributed by atoms with Crippen LogP contribution in [0.1, 0.15) is 31.9 Å². The minimum Gasteiger partial charge on any atom is -0.389 e. The van der Waals surface area contributed by atoms with Gasteiger partial charge in [0.15, 0.2) is 0 Å². The number of nitrogens with zero attached hydrogens (tertiary/aromatic N) is 3. The van der Waals surface area contributed by atoms with Gasteiger partial charge in [-0.15, -0.1) is 0 Å². The van der Waals surface area contributed by atoms with Crippen LogP contribution in [-0.2, 0) is 4.79 Å². The molecule has 5 heteroatoms. The number of amides is 1. The van der Waals surface area contributed by atoms with E-state index in [4.69, 9.17) is 0 Å². The first-order valence-corrected chi connectivity index (χ1v) is 6.73. The van der Waals surface area contributed by atoms with Crippen LogP contribution < -0.4 is 4.90 Å². The van der Waals surface area contributed by atoms with Crippen molar-refractivity contribution in [2.75, 3.05) is 31.1 Å². The highest BCUT2D eigenvalue weighted by Gasteiger charge is 2.20. The third-order valence-electron chi connectivity index (χ3n) is 3.51. The number of pyridine rings is 1. The molecular weight excluding hydrogens is 242 g/mol. The van der Waals surface area contributed by atoms with Gasteiger partial charge in [-0.1, -0.05) is 6.07 Å². The fourth-order valence-electron chi connectivity index (χ4n) is 2.44. The van der Waals surface area contributed by atoms with Gasteiger partial charge in [-0.25, -0.2) is 4.98 Å². The molecule has 1 atom stereocenters. The molecule has 1 N–H and O–H groups in total. The van der Waals surface area contributed by atoms with E-state index in [2.05, 4.69) is 9.88 Å². The van der Waals surface area contributed by atoms with Crippen LogP contribution in [0.15, 0.2) is 18.3 Å². The maximum absolute atomic E-state index is 11.4. The normalized spacial score (nSPS) is 18.1. The largest absolute Gasteiger partial charge is 0.389 e. The molecule has 2 heterocycles. The van der Waals surface area contributed by atoms with Crippen molar-refractivity contribution in [3.63, 3.8) is 0 Å². The SMILES string of the molecule is CC(=O)N1CCCN(c2ncccc2[C@@H](C)O)CC1. The second-order valence-corrected chi connectivity index (χ2v) is 4.94. The van der Waals surface area contributed by atoms with E-state index in [1.54, 1.807) is 20.0 Å². The fraction of sp³-hybridized carbons (Fsp3) is 0.571. The van der Waals surface area contributed by atoms with Crippen molar-refractivity contribution in [1.29, 1.82) is 0 Å². The van der Waals surface area contributed by atoms with E-state index >= 15 is 0 Å². The molecule has 0 aliphatic carbocycles. The average molecular weight is 263 g/mol. The Bertz CT molecular complexity index is 448. The summed E-state index contributed by atoms with van der Waals surface area (Å²) in [6.07, 6.45) is 2.14. The summed E-state index contributed by atoms with van der Waals surface area (Å²) in [5, 5.41) is 9.81. The van der Waals surface area contributed by atoms with Crippen molar-refractivity contribution < 1.29 is 9.90 Å². The highest BCUT2D eigenvalue weighted by molar-refractivity contribution is 5.73. The number of hydrogen-bond donors (Lipinski definition) is 1. The molecule has 0 spiro atoms. The zero-order chi connectivity index (χ0) is 13.8. The first-order chi connectivity index (χ1) is 9.09. The summed E-state index contributed by atoms with van der Waals surface area (Å²) in [6.45, 7) is 6.49. The van der Waals surface area contributed by atoms with Crippen molar-refractivity contribution >= 4 is 11.7 Å². The summed E-state index contributed by atoms with van der Waals surface area (Å²) in [7, 11) is 0. The highest BCUT2D eigenvalue weighted by Crippen LogP contribution is 2.24. The van der Waals surface area contributed by atoms with Gasteiger partial charge >= 0.3 is 0 Å². The number of carbonyl (C=O) groups excluding carboxylic acids is 1. The Hall–Kier alpha value is -1.62. The number of aliphatic hydroxyl groups excluding tert-OH is 1. The van der Waals surface area contributed by atoms with Crippen molar-refractivity contribution in [2.24, 2.45) is 0 Å². The highest BCUT2D eigenvalue weighted by atomic mass is 16.3. The van der Waals surface area contributed by atoms with E-state index in [1.165, 1.54) is 0 Å². The molecule has 1 saturated heterocycles. The topological polar surface area (TPSA) is 56.7 Å². The van der Waals surface area contributed by atoms with Gasteiger partial charge in [-0.05, 0) is 19.4 Å². The molecule has 1 aromatic heterocycles. The molecule has 0 radical (unpaired) electrons. The monoisotopic (exact) mass is 263 g/mol. The van der Waals surface area contributed by atoms with Crippen LogP contribution in [0.2, 0.25) is 0 Å². The first kappa shape index (κ1) is 13.8. The Balaban J connectivity index is 2.16. The molecule has 1 amide bonds. The van der Waals surface area contributed by atoms with E-state index in [-0.39, 0.29) is 5.91 Å². The van der Waals surface area contributed by atoms with E-state index in [1.807, 2.05) is 17.0 Å². The molecule has 19 heavy (non-hydrogen) atoms. The molecule has 1 aliphatic heterocycles. The lowest BCUT2D eigenvalue weighted by Gasteiger charge is -2.25. The van der Waals surface area contributed by atoms with Crippen LogP contribution in [0.25, 0.3) is 0 Å². The maximum Gasteiger partial charge on any atom is 0.219 e. The predicted molar refractivity (Wildman–Crippen MR) is 74.0 cm³/mol. The quantitative estimate of drug-likeness (QED) is 0.871. The summed E-state index contributed by atoms with van der Waals surface area (Å²) < 4.78 is 0. The maximum atomic E-state index is 11.4. The molecule has 1 aliphatic rings. The molecule has 5 nitrogen and oxygen atoms in total. The molecule has 1 aromatic rings. The Morgan fingerprint density at radius 3 is 2.84 bits per heavy atom. The first-order valence-electron chi connectivity index (χ1n) is 6.73. The van der Waals surface area contributed by atoms with E-state index in [0.29, 0.717) is 6.54 Å². The molecule has 104 valence electrons. The number of carbonyl (C=O) groups is 1. The van der Waals surface area contributed by atoms with Crippen LogP contribution in [0.3, 0.4) is 0 Å². The number of aliphatic hydroxyl groups is 1. The Morgan fingerprint density at radius 2 is 2.16 bits per heavy atom. The van der Waals surface area contributed by atoms with Crippen LogP contribution in [0.4, 0.5) is 5.82 Å². The van der Waals surface area contributed by atoms with Crippen molar-refractivity contribution in [3.8, 4) is 0 Å². The Morgan fingerprint density at radius 1 is 1.37 bits per heavy atom. The van der Waals surface area contributed by atoms with Crippen LogP contribution >= 0.6 is 0 Å². The third-order valence-corrected chi connectivity index (χ3v) is 3.51. The Kier molecular flexibility index (Phi) is 4.37. The molecule has 0 bridgehead atoms. The van der Waals surface area contributed by atoms with Gasteiger partial charge in [0.05, 0.1) is 6.10 Å². The van der Waals surface area contributed by atoms with Gasteiger partial charge in [-0.3, -0.25) is 4.79 Å². The lowest BCUT2D eigenvalue weighted by Crippen LogP contribution is -2.34. The third kappa shape index (κ3) is 3.23. The Labute approximate surface area is 113 Å². The molecule has 1 fully saturated rings. The lowest BCUT2D eigenvalue weighted by atomic mass is 10.1. The summed E-state index contributed by atoms with van der Waals surface area (Å²) in [4.78, 5) is 19.8. The minimum atomic E-state index is -0.532. The molecule has 0 unspecified atom stereocenters. The second kappa shape index (κ2) is 6.02. The van der Waals surface area contributed by atoms with Crippen molar-refractivity contribution in [2.45, 2.75) is 26.4 Å². The number of hydrogen-bond acceptors (Lipinski definition) is 4. The standard InChI is InChI=1S/C14H21N3O2/c1-11(18)13-5-3-6-15-14(13)17-8-4-7-16(9-10-17)12(2)19/h3,5-6,11,18H,4,7-10H2,1-2H3/t11-/m1/s1. The van der Waals surface area contributed by atoms with Crippen LogP contribution in [-0.4, -0.2) is 47.1 Å². The van der Waals surface area contributed by atoms with Gasteiger partial charge < -0.3 is 14.9 Å². The molecule has 0 saturated carbocycles. The second-order valence-electron chi connectivity index (χ2n) is 4.94. The molecule has 0 aromatic carbocycles. The number of aromatic nitrogens is 1. The number of anilines is 1. The van der Waals surface area contributed by atoms with E-state index in [0.717, 1.165) is 37.4 Å². The summed E-state index contributed by atoms with van der Waals surface area (Å²) in [5.41, 5.74) is 0.846. The lowest BCUT2D eigenvalue weighted by molar-refractivity contribution is -0.128. The van der Waals surface area contributed by atoms with Gasteiger partial charge in [0.1, 0.15) is 5.82 Å². The van der Waals surface area contributed by atoms with Crippen molar-refractivity contribution in [3.05, 3.63) is 23.9 Å². The summed E-state index contributed by atoms with van der Waals surface area (Å²) >= 11 is 0. The average Bonchev–Trinajstić information content (AvgIpc) is 2.64. The molecular formula is C14H21N3O2. The summed E-state index contributed by atoms with van der Waals surface area (Å²) in [6, 6.07) is 3.74. The summed E-state index contributed by atoms with van der Waals surface area (Å²) in [5.74, 6) is 0.960. The van der Waals surface area contributed by atoms with Gasteiger partial charge in [0.2, 0.25) is 5.91 Å². The molecule has 2 rings (SSSR count). The van der Waals surface area contributed by atoms with Gasteiger partial charge in [0.25, 0.3) is 0 Å². The fourth-order valence-corrected chi connectivity index (χ4v) is 2.44. The van der Waals surface area contributed by atoms with E-state index < -0.39 is 6.10 Å². The number of rotatable bonds is 2. The van der Waals surface area contributed by atoms with Crippen molar-refractivity contribution in [1.82, 2.24) is 9.88 Å². The zero-order valence-electron chi connectivity index (χ0n) is 11.5. The van der Waals surface area contributed by atoms with Crippen LogP contribution in [0.5, 0.6) is 0 Å².